The van der Waals surface area contributed by atoms with Gasteiger partial charge in [-0.15, -0.1) is 0 Å². The minimum absolute atomic E-state index is 0.0525. The number of aromatic hydroxyl groups is 1. The van der Waals surface area contributed by atoms with Crippen LogP contribution in [-0.4, -0.2) is 10.9 Å². The van der Waals surface area contributed by atoms with Gasteiger partial charge in [-0.05, 0) is 41.8 Å². The summed E-state index contributed by atoms with van der Waals surface area (Å²) in [6.45, 7) is 6.06. The lowest BCUT2D eigenvalue weighted by molar-refractivity contribution is 0.103. The van der Waals surface area contributed by atoms with Crippen LogP contribution < -0.4 is 0 Å². The normalized spacial score (nSPS) is 13.2. The molecule has 0 saturated carbocycles. The first-order valence-electron chi connectivity index (χ1n) is 5.76. The molecule has 2 heteroatoms. The number of hydrogen-bond acceptors (Lipinski definition) is 2. The Balaban J connectivity index is 2.31. The van der Waals surface area contributed by atoms with Gasteiger partial charge in [-0.3, -0.25) is 4.79 Å². The van der Waals surface area contributed by atoms with Crippen molar-refractivity contribution in [3.05, 3.63) is 70.8 Å². The lowest BCUT2D eigenvalue weighted by Gasteiger charge is -2.21. The van der Waals surface area contributed by atoms with E-state index in [4.69, 9.17) is 0 Å². The molecule has 1 N–H and O–H groups in total. The zero-order valence-electron chi connectivity index (χ0n) is 10.0. The SMILES string of the molecule is C=C1c2cc(C)ccc2C(=O)c2cc(O)ccc21. The number of ketones is 1. The summed E-state index contributed by atoms with van der Waals surface area (Å²) < 4.78 is 0. The van der Waals surface area contributed by atoms with Crippen molar-refractivity contribution in [2.45, 2.75) is 6.92 Å². The molecule has 1 aliphatic rings. The zero-order chi connectivity index (χ0) is 12.9. The minimum atomic E-state index is -0.0525. The van der Waals surface area contributed by atoms with E-state index in [2.05, 4.69) is 6.58 Å². The third-order valence-electron chi connectivity index (χ3n) is 3.32. The van der Waals surface area contributed by atoms with E-state index in [-0.39, 0.29) is 11.5 Å². The first kappa shape index (κ1) is 10.8. The van der Waals surface area contributed by atoms with Crippen LogP contribution in [0, 0.1) is 6.92 Å². The lowest BCUT2D eigenvalue weighted by atomic mass is 9.81. The molecule has 0 aromatic heterocycles. The number of hydrogen-bond donors (Lipinski definition) is 1. The summed E-state index contributed by atoms with van der Waals surface area (Å²) in [5, 5.41) is 9.50. The van der Waals surface area contributed by atoms with Gasteiger partial charge in [0.25, 0.3) is 0 Å². The van der Waals surface area contributed by atoms with Crippen molar-refractivity contribution in [3.8, 4) is 5.75 Å². The highest BCUT2D eigenvalue weighted by atomic mass is 16.3. The fraction of sp³-hybridized carbons (Fsp3) is 0.0625. The monoisotopic (exact) mass is 236 g/mol. The van der Waals surface area contributed by atoms with Crippen molar-refractivity contribution in [2.75, 3.05) is 0 Å². The summed E-state index contributed by atoms with van der Waals surface area (Å²) in [5.41, 5.74) is 4.81. The molecule has 0 saturated heterocycles. The van der Waals surface area contributed by atoms with Crippen LogP contribution >= 0.6 is 0 Å². The van der Waals surface area contributed by atoms with Crippen molar-refractivity contribution in [1.82, 2.24) is 0 Å². The number of phenols is 1. The Hall–Kier alpha value is -2.35. The highest BCUT2D eigenvalue weighted by molar-refractivity contribution is 6.18. The lowest BCUT2D eigenvalue weighted by Crippen LogP contribution is -2.14. The number of carbonyl (C=O) groups is 1. The van der Waals surface area contributed by atoms with Crippen LogP contribution in [0.2, 0.25) is 0 Å². The Labute approximate surface area is 105 Å². The molecule has 0 unspecified atom stereocenters. The summed E-state index contributed by atoms with van der Waals surface area (Å²) in [6, 6.07) is 10.5. The number of rotatable bonds is 0. The highest BCUT2D eigenvalue weighted by Crippen LogP contribution is 2.36. The predicted octanol–water partition coefficient (Wildman–Crippen LogP) is 3.31. The van der Waals surface area contributed by atoms with E-state index in [0.717, 1.165) is 22.3 Å². The van der Waals surface area contributed by atoms with Gasteiger partial charge in [-0.1, -0.05) is 30.3 Å². The maximum atomic E-state index is 12.4. The van der Waals surface area contributed by atoms with Crippen LogP contribution in [0.4, 0.5) is 0 Å². The summed E-state index contributed by atoms with van der Waals surface area (Å²) in [6.07, 6.45) is 0. The minimum Gasteiger partial charge on any atom is -0.508 e. The third-order valence-corrected chi connectivity index (χ3v) is 3.32. The molecule has 0 amide bonds. The van der Waals surface area contributed by atoms with Crippen molar-refractivity contribution in [2.24, 2.45) is 0 Å². The molecule has 18 heavy (non-hydrogen) atoms. The Morgan fingerprint density at radius 3 is 2.44 bits per heavy atom. The molecule has 0 spiro atoms. The molecule has 1 aliphatic carbocycles. The van der Waals surface area contributed by atoms with Gasteiger partial charge in [0.2, 0.25) is 0 Å². The number of benzene rings is 2. The Morgan fingerprint density at radius 2 is 1.67 bits per heavy atom. The van der Waals surface area contributed by atoms with Crippen LogP contribution in [0.25, 0.3) is 5.57 Å². The maximum absolute atomic E-state index is 12.4. The number of aryl methyl sites for hydroxylation is 1. The molecule has 0 bridgehead atoms. The molecule has 0 radical (unpaired) electrons. The topological polar surface area (TPSA) is 37.3 Å². The Morgan fingerprint density at radius 1 is 0.944 bits per heavy atom. The van der Waals surface area contributed by atoms with Gasteiger partial charge in [-0.2, -0.15) is 0 Å². The maximum Gasteiger partial charge on any atom is 0.194 e. The quantitative estimate of drug-likeness (QED) is 0.650. The zero-order valence-corrected chi connectivity index (χ0v) is 10.0. The van der Waals surface area contributed by atoms with Gasteiger partial charge >= 0.3 is 0 Å². The molecule has 0 fully saturated rings. The predicted molar refractivity (Wildman–Crippen MR) is 70.9 cm³/mol. The van der Waals surface area contributed by atoms with Crippen LogP contribution in [-0.2, 0) is 0 Å². The summed E-state index contributed by atoms with van der Waals surface area (Å²) >= 11 is 0. The number of carbonyl (C=O) groups excluding carboxylic acids is 1. The van der Waals surface area contributed by atoms with Crippen LogP contribution in [0.5, 0.6) is 5.75 Å². The third kappa shape index (κ3) is 1.39. The molecule has 3 rings (SSSR count). The molecular weight excluding hydrogens is 224 g/mol. The molecule has 0 atom stereocenters. The van der Waals surface area contributed by atoms with Crippen LogP contribution in [0.1, 0.15) is 32.6 Å². The van der Waals surface area contributed by atoms with Crippen molar-refractivity contribution >= 4 is 11.4 Å². The van der Waals surface area contributed by atoms with Gasteiger partial charge in [0.15, 0.2) is 5.78 Å². The van der Waals surface area contributed by atoms with Gasteiger partial charge < -0.3 is 5.11 Å². The van der Waals surface area contributed by atoms with Crippen molar-refractivity contribution in [3.63, 3.8) is 0 Å². The van der Waals surface area contributed by atoms with Gasteiger partial charge in [0.1, 0.15) is 5.75 Å². The summed E-state index contributed by atoms with van der Waals surface area (Å²) in [7, 11) is 0. The Bertz CT molecular complexity index is 635. The van der Waals surface area contributed by atoms with Crippen LogP contribution in [0.15, 0.2) is 43.0 Å². The second-order valence-electron chi connectivity index (χ2n) is 4.59. The average Bonchev–Trinajstić information content (AvgIpc) is 2.36. The Kier molecular flexibility index (Phi) is 2.14. The summed E-state index contributed by atoms with van der Waals surface area (Å²) in [4.78, 5) is 12.4. The largest absolute Gasteiger partial charge is 0.508 e. The van der Waals surface area contributed by atoms with E-state index in [1.165, 1.54) is 6.07 Å². The second kappa shape index (κ2) is 3.57. The van der Waals surface area contributed by atoms with Gasteiger partial charge in [0.05, 0.1) is 0 Å². The van der Waals surface area contributed by atoms with E-state index in [0.29, 0.717) is 11.1 Å². The fourth-order valence-corrected chi connectivity index (χ4v) is 2.38. The average molecular weight is 236 g/mol. The van der Waals surface area contributed by atoms with E-state index in [1.807, 2.05) is 25.1 Å². The van der Waals surface area contributed by atoms with Crippen molar-refractivity contribution in [1.29, 1.82) is 0 Å². The number of phenolic OH excluding ortho intramolecular Hbond substituents is 1. The molecular formula is C16H12O2. The van der Waals surface area contributed by atoms with E-state index < -0.39 is 0 Å². The first-order valence-corrected chi connectivity index (χ1v) is 5.76. The second-order valence-corrected chi connectivity index (χ2v) is 4.59. The number of fused-ring (bicyclic) bond motifs is 2. The van der Waals surface area contributed by atoms with Crippen molar-refractivity contribution < 1.29 is 9.90 Å². The molecule has 88 valence electrons. The van der Waals surface area contributed by atoms with E-state index >= 15 is 0 Å². The standard InChI is InChI=1S/C16H12O2/c1-9-3-5-13-14(7-9)10(2)12-6-4-11(17)8-15(12)16(13)18/h3-8,17H,2H2,1H3. The molecule has 0 aliphatic heterocycles. The summed E-state index contributed by atoms with van der Waals surface area (Å²) in [5.74, 6) is 0.0498. The van der Waals surface area contributed by atoms with E-state index in [9.17, 15) is 9.90 Å². The molecule has 2 aromatic rings. The highest BCUT2D eigenvalue weighted by Gasteiger charge is 2.25. The van der Waals surface area contributed by atoms with Crippen LogP contribution in [0.3, 0.4) is 0 Å². The molecule has 2 nitrogen and oxygen atoms in total. The molecule has 0 heterocycles. The first-order chi connectivity index (χ1) is 8.58. The van der Waals surface area contributed by atoms with E-state index in [1.54, 1.807) is 12.1 Å². The van der Waals surface area contributed by atoms with Gasteiger partial charge in [0, 0.05) is 11.1 Å². The smallest absolute Gasteiger partial charge is 0.194 e. The molecule has 2 aromatic carbocycles. The van der Waals surface area contributed by atoms with Gasteiger partial charge in [-0.25, -0.2) is 0 Å². The fourth-order valence-electron chi connectivity index (χ4n) is 2.38.